The summed E-state index contributed by atoms with van der Waals surface area (Å²) >= 11 is 0. The van der Waals surface area contributed by atoms with Crippen LogP contribution in [0.15, 0.2) is 18.2 Å². The fourth-order valence-electron chi connectivity index (χ4n) is 1.77. The number of ether oxygens (including phenoxy) is 2. The molecule has 2 rings (SSSR count). The zero-order valence-electron chi connectivity index (χ0n) is 10.7. The van der Waals surface area contributed by atoms with Crippen molar-refractivity contribution in [3.05, 3.63) is 23.2 Å². The molecule has 1 aliphatic heterocycles. The van der Waals surface area contributed by atoms with Crippen LogP contribution in [0.2, 0.25) is 0 Å². The summed E-state index contributed by atoms with van der Waals surface area (Å²) in [5.41, 5.74) is 1.51. The zero-order valence-corrected chi connectivity index (χ0v) is 15.2. The Hall–Kier alpha value is -0.597. The molecule has 0 unspecified atom stereocenters. The molecule has 1 aromatic rings. The van der Waals surface area contributed by atoms with E-state index in [2.05, 4.69) is 9.88 Å². The minimum atomic E-state index is 0. The number of hydrogen-bond acceptors (Lipinski definition) is 4. The Balaban J connectivity index is 0. The van der Waals surface area contributed by atoms with E-state index < -0.39 is 0 Å². The predicted molar refractivity (Wildman–Crippen MR) is 60.8 cm³/mol. The van der Waals surface area contributed by atoms with Gasteiger partial charge < -0.3 is 39.2 Å². The van der Waals surface area contributed by atoms with E-state index in [-0.39, 0.29) is 44.3 Å². The molecule has 0 N–H and O–H groups in total. The molecule has 1 fully saturated rings. The van der Waals surface area contributed by atoms with Crippen LogP contribution in [0.3, 0.4) is 0 Å². The molecular weight excluding hydrogens is 342 g/mol. The molecule has 0 radical (unpaired) electrons. The van der Waals surface area contributed by atoms with E-state index in [4.69, 9.17) is 14.9 Å². The summed E-state index contributed by atoms with van der Waals surface area (Å²) in [6, 6.07) is 5.53. The molecule has 0 aliphatic carbocycles. The van der Waals surface area contributed by atoms with Crippen molar-refractivity contribution in [3.63, 3.8) is 0 Å². The summed E-state index contributed by atoms with van der Waals surface area (Å²) in [5.74, 6) is 0.575. The Morgan fingerprint density at radius 1 is 1.26 bits per heavy atom. The maximum atomic E-state index is 8.76. The van der Waals surface area contributed by atoms with E-state index >= 15 is 0 Å². The molecule has 0 amide bonds. The van der Waals surface area contributed by atoms with E-state index in [0.29, 0.717) is 11.4 Å². The predicted octanol–water partition coefficient (Wildman–Crippen LogP) is -3.98. The van der Waals surface area contributed by atoms with Gasteiger partial charge in [0.25, 0.3) is 0 Å². The second kappa shape index (κ2) is 10.2. The van der Waals surface area contributed by atoms with Gasteiger partial charge in [-0.1, -0.05) is 0 Å². The van der Waals surface area contributed by atoms with Crippen molar-refractivity contribution < 1.29 is 53.8 Å². The molecule has 0 bridgehead atoms. The van der Waals surface area contributed by atoms with Crippen molar-refractivity contribution in [2.45, 2.75) is 0 Å². The molecule has 0 aromatic heterocycles. The SMILES string of the molecule is COc1cc(N2CCOCC2)ccc1[N+]#N.[Cl-].[Cl-].[Zn]. The van der Waals surface area contributed by atoms with E-state index in [1.807, 2.05) is 12.1 Å². The van der Waals surface area contributed by atoms with Crippen LogP contribution in [-0.2, 0) is 24.2 Å². The van der Waals surface area contributed by atoms with Crippen LogP contribution >= 0.6 is 0 Å². The molecule has 1 saturated heterocycles. The van der Waals surface area contributed by atoms with Crippen molar-refractivity contribution in [2.75, 3.05) is 38.3 Å². The average molecular weight is 357 g/mol. The molecule has 0 spiro atoms. The molecule has 19 heavy (non-hydrogen) atoms. The second-order valence-electron chi connectivity index (χ2n) is 3.56. The fraction of sp³-hybridized carbons (Fsp3) is 0.455. The number of hydrogen-bond donors (Lipinski definition) is 0. The van der Waals surface area contributed by atoms with Crippen molar-refractivity contribution in [1.29, 1.82) is 5.39 Å². The van der Waals surface area contributed by atoms with Crippen LogP contribution in [-0.4, -0.2) is 33.4 Å². The van der Waals surface area contributed by atoms with Gasteiger partial charge in [-0.3, -0.25) is 0 Å². The van der Waals surface area contributed by atoms with Crippen LogP contribution < -0.4 is 34.5 Å². The molecule has 1 aromatic carbocycles. The normalized spacial score (nSPS) is 13.2. The van der Waals surface area contributed by atoms with Gasteiger partial charge in [0.1, 0.15) is 0 Å². The molecule has 5 nitrogen and oxygen atoms in total. The maximum absolute atomic E-state index is 8.76. The Morgan fingerprint density at radius 3 is 2.42 bits per heavy atom. The van der Waals surface area contributed by atoms with E-state index in [9.17, 15) is 0 Å². The summed E-state index contributed by atoms with van der Waals surface area (Å²) in [4.78, 5) is 5.37. The number of diazo groups is 1. The molecule has 1 aliphatic rings. The molecule has 0 saturated carbocycles. The number of morpholine rings is 1. The van der Waals surface area contributed by atoms with Crippen molar-refractivity contribution in [2.24, 2.45) is 0 Å². The minimum absolute atomic E-state index is 0. The minimum Gasteiger partial charge on any atom is -1.00 e. The van der Waals surface area contributed by atoms with Crippen molar-refractivity contribution in [3.8, 4) is 5.75 Å². The molecule has 0 atom stereocenters. The number of rotatable bonds is 2. The van der Waals surface area contributed by atoms with Gasteiger partial charge in [0.15, 0.2) is 4.98 Å². The van der Waals surface area contributed by atoms with Gasteiger partial charge in [0.2, 0.25) is 11.1 Å². The summed E-state index contributed by atoms with van der Waals surface area (Å²) < 4.78 is 10.4. The second-order valence-corrected chi connectivity index (χ2v) is 3.56. The summed E-state index contributed by atoms with van der Waals surface area (Å²) in [6.07, 6.45) is 0. The third-order valence-corrected chi connectivity index (χ3v) is 2.65. The Labute approximate surface area is 137 Å². The number of nitrogens with zero attached hydrogens (tertiary/aromatic N) is 3. The van der Waals surface area contributed by atoms with Crippen LogP contribution in [0.1, 0.15) is 0 Å². The number of methoxy groups -OCH3 is 1. The third-order valence-electron chi connectivity index (χ3n) is 2.65. The monoisotopic (exact) mass is 354 g/mol. The number of benzene rings is 1. The van der Waals surface area contributed by atoms with Gasteiger partial charge in [-0.25, -0.2) is 0 Å². The topological polar surface area (TPSA) is 49.9 Å². The van der Waals surface area contributed by atoms with E-state index in [0.717, 1.165) is 32.0 Å². The average Bonchev–Trinajstić information content (AvgIpc) is 2.39. The Bertz CT molecular complexity index is 423. The van der Waals surface area contributed by atoms with Gasteiger partial charge in [0.05, 0.1) is 20.3 Å². The first-order chi connectivity index (χ1) is 7.85. The first-order valence-electron chi connectivity index (χ1n) is 5.21. The molecular formula is C11H14Cl2N3O2Zn-. The molecule has 8 heteroatoms. The third kappa shape index (κ3) is 5.12. The standard InChI is InChI=1S/C11H14N3O2.2ClH.Zn/c1-15-11-8-9(2-3-10(11)13-12)14-4-6-16-7-5-14;;;/h2-3,8H,4-7H2,1H3;2*1H;/q+1;;;/p-2. The van der Waals surface area contributed by atoms with Gasteiger partial charge >= 0.3 is 5.69 Å². The maximum Gasteiger partial charge on any atom is 0.426 e. The van der Waals surface area contributed by atoms with Crippen LogP contribution in [0.5, 0.6) is 5.75 Å². The van der Waals surface area contributed by atoms with Gasteiger partial charge in [-0.2, -0.15) is 0 Å². The van der Waals surface area contributed by atoms with Crippen LogP contribution in [0, 0.1) is 5.39 Å². The fourth-order valence-corrected chi connectivity index (χ4v) is 1.77. The van der Waals surface area contributed by atoms with E-state index in [1.165, 1.54) is 0 Å². The number of halogens is 2. The molecule has 1 heterocycles. The number of anilines is 1. The van der Waals surface area contributed by atoms with E-state index in [1.54, 1.807) is 13.2 Å². The smallest absolute Gasteiger partial charge is 0.426 e. The summed E-state index contributed by atoms with van der Waals surface area (Å²) in [7, 11) is 1.56. The quantitative estimate of drug-likeness (QED) is 0.401. The Morgan fingerprint density at radius 2 is 1.89 bits per heavy atom. The van der Waals surface area contributed by atoms with Crippen LogP contribution in [0.4, 0.5) is 11.4 Å². The zero-order chi connectivity index (χ0) is 11.4. The van der Waals surface area contributed by atoms with Crippen molar-refractivity contribution >= 4 is 11.4 Å². The summed E-state index contributed by atoms with van der Waals surface area (Å²) in [5, 5.41) is 8.76. The van der Waals surface area contributed by atoms with Crippen molar-refractivity contribution in [1.82, 2.24) is 0 Å². The summed E-state index contributed by atoms with van der Waals surface area (Å²) in [6.45, 7) is 3.24. The van der Waals surface area contributed by atoms with Gasteiger partial charge in [-0.15, -0.1) is 0 Å². The largest absolute Gasteiger partial charge is 1.00 e. The molecule has 102 valence electrons. The van der Waals surface area contributed by atoms with Gasteiger partial charge in [-0.05, 0) is 6.07 Å². The first-order valence-corrected chi connectivity index (χ1v) is 5.21. The first kappa shape index (κ1) is 20.7. The van der Waals surface area contributed by atoms with Gasteiger partial charge in [0, 0.05) is 50.4 Å². The Kier molecular flexibility index (Phi) is 11.1. The van der Waals surface area contributed by atoms with Crippen LogP contribution in [0.25, 0.3) is 4.98 Å².